The Morgan fingerprint density at radius 2 is 2.16 bits per heavy atom. The van der Waals surface area contributed by atoms with Crippen molar-refractivity contribution in [3.8, 4) is 0 Å². The topological polar surface area (TPSA) is 47.6 Å². The molecule has 1 heterocycles. The maximum atomic E-state index is 12.1. The minimum absolute atomic E-state index is 0.167. The minimum atomic E-state index is -0.198. The summed E-state index contributed by atoms with van der Waals surface area (Å²) in [5.74, 6) is -0.365. The predicted molar refractivity (Wildman–Crippen MR) is 73.0 cm³/mol. The Morgan fingerprint density at radius 1 is 1.32 bits per heavy atom. The number of rotatable bonds is 6. The lowest BCUT2D eigenvalue weighted by atomic mass is 9.91. The van der Waals surface area contributed by atoms with Gasteiger partial charge >= 0.3 is 5.97 Å². The van der Waals surface area contributed by atoms with Gasteiger partial charge in [0.15, 0.2) is 0 Å². The Bertz CT molecular complexity index is 420. The second-order valence-electron chi connectivity index (χ2n) is 4.66. The first-order valence-corrected chi connectivity index (χ1v) is 6.85. The SMILES string of the molecule is CCCOCCOC(=O)C1CNCc2ccccc21. The maximum Gasteiger partial charge on any atom is 0.314 e. The van der Waals surface area contributed by atoms with Gasteiger partial charge in [-0.15, -0.1) is 0 Å². The molecule has 1 atom stereocenters. The van der Waals surface area contributed by atoms with Gasteiger partial charge in [0, 0.05) is 19.7 Å². The Labute approximate surface area is 114 Å². The zero-order valence-corrected chi connectivity index (χ0v) is 11.4. The minimum Gasteiger partial charge on any atom is -0.463 e. The third-order valence-electron chi connectivity index (χ3n) is 3.20. The van der Waals surface area contributed by atoms with E-state index in [1.165, 1.54) is 5.56 Å². The normalized spacial score (nSPS) is 17.8. The highest BCUT2D eigenvalue weighted by molar-refractivity contribution is 5.79. The Kier molecular flexibility index (Phi) is 5.36. The van der Waals surface area contributed by atoms with Gasteiger partial charge in [0.25, 0.3) is 0 Å². The number of benzene rings is 1. The van der Waals surface area contributed by atoms with E-state index < -0.39 is 0 Å². The molecule has 0 spiro atoms. The zero-order valence-electron chi connectivity index (χ0n) is 11.4. The second kappa shape index (κ2) is 7.26. The van der Waals surface area contributed by atoms with E-state index in [1.54, 1.807) is 0 Å². The molecular formula is C15H21NO3. The van der Waals surface area contributed by atoms with Crippen molar-refractivity contribution < 1.29 is 14.3 Å². The summed E-state index contributed by atoms with van der Waals surface area (Å²) in [4.78, 5) is 12.1. The van der Waals surface area contributed by atoms with Crippen molar-refractivity contribution >= 4 is 5.97 Å². The molecule has 2 rings (SSSR count). The van der Waals surface area contributed by atoms with Crippen LogP contribution in [0.3, 0.4) is 0 Å². The van der Waals surface area contributed by atoms with Crippen LogP contribution in [0.2, 0.25) is 0 Å². The fourth-order valence-electron chi connectivity index (χ4n) is 2.25. The molecule has 0 saturated carbocycles. The highest BCUT2D eigenvalue weighted by Gasteiger charge is 2.27. The molecule has 104 valence electrons. The van der Waals surface area contributed by atoms with E-state index in [0.29, 0.717) is 26.4 Å². The van der Waals surface area contributed by atoms with Crippen molar-refractivity contribution in [2.24, 2.45) is 0 Å². The first-order chi connectivity index (χ1) is 9.33. The van der Waals surface area contributed by atoms with Crippen molar-refractivity contribution in [2.45, 2.75) is 25.8 Å². The monoisotopic (exact) mass is 263 g/mol. The Balaban J connectivity index is 1.86. The van der Waals surface area contributed by atoms with Crippen LogP contribution in [0.25, 0.3) is 0 Å². The largest absolute Gasteiger partial charge is 0.463 e. The maximum absolute atomic E-state index is 12.1. The van der Waals surface area contributed by atoms with Crippen molar-refractivity contribution in [1.82, 2.24) is 5.32 Å². The fourth-order valence-corrected chi connectivity index (χ4v) is 2.25. The van der Waals surface area contributed by atoms with Crippen molar-refractivity contribution in [3.05, 3.63) is 35.4 Å². The van der Waals surface area contributed by atoms with Gasteiger partial charge < -0.3 is 14.8 Å². The summed E-state index contributed by atoms with van der Waals surface area (Å²) in [6.07, 6.45) is 0.980. The van der Waals surface area contributed by atoms with Gasteiger partial charge in [0.2, 0.25) is 0 Å². The molecule has 1 N–H and O–H groups in total. The Morgan fingerprint density at radius 3 is 3.00 bits per heavy atom. The van der Waals surface area contributed by atoms with Crippen LogP contribution < -0.4 is 5.32 Å². The molecule has 0 bridgehead atoms. The van der Waals surface area contributed by atoms with Gasteiger partial charge in [0.1, 0.15) is 6.61 Å². The number of fused-ring (bicyclic) bond motifs is 1. The van der Waals surface area contributed by atoms with Crippen LogP contribution in [0.5, 0.6) is 0 Å². The second-order valence-corrected chi connectivity index (χ2v) is 4.66. The molecule has 1 aromatic carbocycles. The van der Waals surface area contributed by atoms with Crippen LogP contribution in [0, 0.1) is 0 Å². The van der Waals surface area contributed by atoms with Gasteiger partial charge in [-0.25, -0.2) is 0 Å². The van der Waals surface area contributed by atoms with Crippen LogP contribution in [0.4, 0.5) is 0 Å². The molecule has 1 unspecified atom stereocenters. The standard InChI is InChI=1S/C15H21NO3/c1-2-7-18-8-9-19-15(17)14-11-16-10-12-5-3-4-6-13(12)14/h3-6,14,16H,2,7-11H2,1H3. The highest BCUT2D eigenvalue weighted by Crippen LogP contribution is 2.24. The smallest absolute Gasteiger partial charge is 0.314 e. The molecule has 1 aliphatic heterocycles. The number of carbonyl (C=O) groups is 1. The third-order valence-corrected chi connectivity index (χ3v) is 3.20. The van der Waals surface area contributed by atoms with Gasteiger partial charge in [0.05, 0.1) is 12.5 Å². The molecule has 1 aromatic rings. The summed E-state index contributed by atoms with van der Waals surface area (Å²) in [7, 11) is 0. The molecule has 0 aromatic heterocycles. The number of carbonyl (C=O) groups excluding carboxylic acids is 1. The highest BCUT2D eigenvalue weighted by atomic mass is 16.6. The summed E-state index contributed by atoms with van der Waals surface area (Å²) in [6, 6.07) is 8.02. The quantitative estimate of drug-likeness (QED) is 0.628. The van der Waals surface area contributed by atoms with Crippen molar-refractivity contribution in [2.75, 3.05) is 26.4 Å². The molecule has 0 radical (unpaired) electrons. The fraction of sp³-hybridized carbons (Fsp3) is 0.533. The predicted octanol–water partition coefficient (Wildman–Crippen LogP) is 1.84. The average Bonchev–Trinajstić information content (AvgIpc) is 2.46. The molecule has 4 nitrogen and oxygen atoms in total. The first-order valence-electron chi connectivity index (χ1n) is 6.85. The average molecular weight is 263 g/mol. The van der Waals surface area contributed by atoms with Gasteiger partial charge in [-0.2, -0.15) is 0 Å². The van der Waals surface area contributed by atoms with Crippen LogP contribution in [0.15, 0.2) is 24.3 Å². The molecule has 4 heteroatoms. The van der Waals surface area contributed by atoms with E-state index in [9.17, 15) is 4.79 Å². The van der Waals surface area contributed by atoms with E-state index in [4.69, 9.17) is 9.47 Å². The number of ether oxygens (including phenoxy) is 2. The van der Waals surface area contributed by atoms with E-state index in [0.717, 1.165) is 18.5 Å². The van der Waals surface area contributed by atoms with Crippen LogP contribution in [-0.2, 0) is 20.8 Å². The molecule has 0 aliphatic carbocycles. The Hall–Kier alpha value is -1.39. The summed E-state index contributed by atoms with van der Waals surface area (Å²) in [6.45, 7) is 5.03. The third kappa shape index (κ3) is 3.78. The summed E-state index contributed by atoms with van der Waals surface area (Å²) < 4.78 is 10.6. The summed E-state index contributed by atoms with van der Waals surface area (Å²) in [5.41, 5.74) is 2.26. The van der Waals surface area contributed by atoms with Crippen LogP contribution in [0.1, 0.15) is 30.4 Å². The number of hydrogen-bond acceptors (Lipinski definition) is 4. The van der Waals surface area contributed by atoms with Crippen LogP contribution >= 0.6 is 0 Å². The molecule has 1 aliphatic rings. The lowest BCUT2D eigenvalue weighted by Gasteiger charge is -2.24. The van der Waals surface area contributed by atoms with Gasteiger partial charge in [-0.3, -0.25) is 4.79 Å². The molecule has 0 saturated heterocycles. The van der Waals surface area contributed by atoms with Crippen molar-refractivity contribution in [1.29, 1.82) is 0 Å². The molecule has 0 amide bonds. The molecule has 0 fully saturated rings. The number of hydrogen-bond donors (Lipinski definition) is 1. The molecular weight excluding hydrogens is 242 g/mol. The van der Waals surface area contributed by atoms with E-state index >= 15 is 0 Å². The molecule has 19 heavy (non-hydrogen) atoms. The lowest BCUT2D eigenvalue weighted by molar-refractivity contribution is -0.147. The lowest BCUT2D eigenvalue weighted by Crippen LogP contribution is -2.34. The first kappa shape index (κ1) is 14.0. The van der Waals surface area contributed by atoms with Crippen LogP contribution in [-0.4, -0.2) is 32.3 Å². The van der Waals surface area contributed by atoms with E-state index in [2.05, 4.69) is 12.2 Å². The van der Waals surface area contributed by atoms with E-state index in [-0.39, 0.29) is 11.9 Å². The zero-order chi connectivity index (χ0) is 13.5. The van der Waals surface area contributed by atoms with Gasteiger partial charge in [-0.05, 0) is 17.5 Å². The number of nitrogens with one attached hydrogen (secondary N) is 1. The van der Waals surface area contributed by atoms with Crippen molar-refractivity contribution in [3.63, 3.8) is 0 Å². The van der Waals surface area contributed by atoms with Gasteiger partial charge in [-0.1, -0.05) is 31.2 Å². The summed E-state index contributed by atoms with van der Waals surface area (Å²) >= 11 is 0. The van der Waals surface area contributed by atoms with E-state index in [1.807, 2.05) is 24.3 Å². The number of esters is 1. The summed E-state index contributed by atoms with van der Waals surface area (Å²) in [5, 5.41) is 3.25.